The Bertz CT molecular complexity index is 794. The second-order valence-corrected chi connectivity index (χ2v) is 22.2. The van der Waals surface area contributed by atoms with Crippen molar-refractivity contribution in [2.45, 2.75) is 348 Å². The van der Waals surface area contributed by atoms with Crippen molar-refractivity contribution < 1.29 is 13.6 Å². The van der Waals surface area contributed by atoms with E-state index in [1.165, 1.54) is 302 Å². The molecule has 0 bridgehead atoms. The van der Waals surface area contributed by atoms with E-state index < -0.39 is 7.60 Å². The van der Waals surface area contributed by atoms with E-state index in [-0.39, 0.29) is 0 Å². The van der Waals surface area contributed by atoms with Crippen molar-refractivity contribution in [3.63, 3.8) is 0 Å². The maximum atomic E-state index is 13.5. The maximum Gasteiger partial charge on any atom is 0.330 e. The first-order valence-corrected chi connectivity index (χ1v) is 30.8. The van der Waals surface area contributed by atoms with E-state index in [1.54, 1.807) is 0 Å². The fraction of sp³-hybridized carbons (Fsp3) is 1.00. The zero-order valence-corrected chi connectivity index (χ0v) is 43.8. The van der Waals surface area contributed by atoms with Gasteiger partial charge in [-0.25, -0.2) is 0 Å². The number of rotatable bonds is 56. The van der Waals surface area contributed by atoms with E-state index in [0.29, 0.717) is 19.4 Å². The Morgan fingerprint density at radius 2 is 0.361 bits per heavy atom. The first-order valence-electron chi connectivity index (χ1n) is 29.1. The maximum absolute atomic E-state index is 13.5. The monoisotopic (exact) mass is 881 g/mol. The van der Waals surface area contributed by atoms with E-state index in [9.17, 15) is 4.57 Å². The van der Waals surface area contributed by atoms with Gasteiger partial charge in [0.2, 0.25) is 0 Å². The fourth-order valence-electron chi connectivity index (χ4n) is 9.26. The van der Waals surface area contributed by atoms with Crippen molar-refractivity contribution in [1.29, 1.82) is 0 Å². The van der Waals surface area contributed by atoms with Crippen molar-refractivity contribution in [1.82, 2.24) is 0 Å². The first kappa shape index (κ1) is 61.1. The predicted octanol–water partition coefficient (Wildman–Crippen LogP) is 22.2. The van der Waals surface area contributed by atoms with Gasteiger partial charge >= 0.3 is 7.60 Å². The zero-order valence-electron chi connectivity index (χ0n) is 42.9. The lowest BCUT2D eigenvalue weighted by Crippen LogP contribution is -2.04. The molecular formula is C57H117O3P. The third-order valence-electron chi connectivity index (χ3n) is 13.6. The summed E-state index contributed by atoms with van der Waals surface area (Å²) in [7, 11) is -2.95. The molecule has 3 nitrogen and oxygen atoms in total. The summed E-state index contributed by atoms with van der Waals surface area (Å²) >= 11 is 0. The van der Waals surface area contributed by atoms with Gasteiger partial charge in [-0.2, -0.15) is 0 Å². The molecule has 368 valence electrons. The molecule has 0 aromatic rings. The lowest BCUT2D eigenvalue weighted by molar-refractivity contribution is 0.197. The van der Waals surface area contributed by atoms with Crippen LogP contribution in [0.3, 0.4) is 0 Å². The minimum atomic E-state index is -2.95. The van der Waals surface area contributed by atoms with Gasteiger partial charge in [0, 0.05) is 0 Å². The average molecular weight is 882 g/mol. The predicted molar refractivity (Wildman–Crippen MR) is 277 cm³/mol. The highest BCUT2D eigenvalue weighted by molar-refractivity contribution is 7.53. The molecule has 4 heteroatoms. The van der Waals surface area contributed by atoms with Crippen molar-refractivity contribution >= 4 is 7.60 Å². The molecule has 0 aliphatic rings. The van der Waals surface area contributed by atoms with Gasteiger partial charge in [0.1, 0.15) is 0 Å². The molecule has 61 heavy (non-hydrogen) atoms. The van der Waals surface area contributed by atoms with E-state index in [0.717, 1.165) is 25.7 Å². The SMILES string of the molecule is CCCCCCCCCCCCCCCCCCCCCCCCCCCCCCCCCCCCCCCCCP(=O)(OCCCCCCCC)OCCCCCCCC. The standard InChI is InChI=1S/C57H117O3P/c1-4-7-10-13-16-17-18-19-20-21-22-23-24-25-26-27-28-29-30-31-32-33-34-35-36-37-38-39-40-41-42-43-44-45-46-47-48-51-54-57-61(58,59-55-52-49-14-11-8-5-2)60-56-53-50-15-12-9-6-3/h4-57H2,1-3H3. The molecule has 0 aromatic carbocycles. The number of unbranched alkanes of at least 4 members (excludes halogenated alkanes) is 48. The Labute approximate surface area is 387 Å². The molecule has 0 atom stereocenters. The second kappa shape index (κ2) is 54.5. The largest absolute Gasteiger partial charge is 0.330 e. The topological polar surface area (TPSA) is 35.5 Å². The molecule has 0 heterocycles. The Morgan fingerprint density at radius 1 is 0.213 bits per heavy atom. The molecule has 0 N–H and O–H groups in total. The zero-order chi connectivity index (χ0) is 44.1. The van der Waals surface area contributed by atoms with Gasteiger partial charge in [-0.15, -0.1) is 0 Å². The summed E-state index contributed by atoms with van der Waals surface area (Å²) in [6.07, 6.45) is 71.2. The molecule has 0 radical (unpaired) electrons. The molecule has 0 spiro atoms. The first-order chi connectivity index (χ1) is 30.2. The van der Waals surface area contributed by atoms with Gasteiger partial charge in [-0.1, -0.05) is 329 Å². The smallest absolute Gasteiger partial charge is 0.309 e. The molecular weight excluding hydrogens is 764 g/mol. The van der Waals surface area contributed by atoms with Crippen molar-refractivity contribution in [3.8, 4) is 0 Å². The van der Waals surface area contributed by atoms with Crippen LogP contribution in [0.5, 0.6) is 0 Å². The summed E-state index contributed by atoms with van der Waals surface area (Å²) in [5, 5.41) is 0. The molecule has 0 saturated carbocycles. The minimum absolute atomic E-state index is 0.597. The van der Waals surface area contributed by atoms with Gasteiger partial charge in [0.25, 0.3) is 0 Å². The van der Waals surface area contributed by atoms with Gasteiger partial charge in [0.15, 0.2) is 0 Å². The van der Waals surface area contributed by atoms with Gasteiger partial charge < -0.3 is 9.05 Å². The highest BCUT2D eigenvalue weighted by Crippen LogP contribution is 2.49. The lowest BCUT2D eigenvalue weighted by atomic mass is 10.0. The molecule has 0 aromatic heterocycles. The van der Waals surface area contributed by atoms with Crippen LogP contribution in [0.2, 0.25) is 0 Å². The number of hydrogen-bond donors (Lipinski definition) is 0. The van der Waals surface area contributed by atoms with Crippen LogP contribution in [0.25, 0.3) is 0 Å². The van der Waals surface area contributed by atoms with E-state index in [2.05, 4.69) is 20.8 Å². The Hall–Kier alpha value is 0.150. The Kier molecular flexibility index (Phi) is 54.6. The molecule has 0 aliphatic carbocycles. The fourth-order valence-corrected chi connectivity index (χ4v) is 11.0. The summed E-state index contributed by atoms with van der Waals surface area (Å²) in [6.45, 7) is 8.02. The summed E-state index contributed by atoms with van der Waals surface area (Å²) in [4.78, 5) is 0. The van der Waals surface area contributed by atoms with E-state index in [1.807, 2.05) is 0 Å². The average Bonchev–Trinajstić information content (AvgIpc) is 3.26. The van der Waals surface area contributed by atoms with Gasteiger partial charge in [0.05, 0.1) is 19.4 Å². The van der Waals surface area contributed by atoms with Crippen LogP contribution in [0.15, 0.2) is 0 Å². The third-order valence-corrected chi connectivity index (χ3v) is 15.6. The lowest BCUT2D eigenvalue weighted by Gasteiger charge is -2.19. The summed E-state index contributed by atoms with van der Waals surface area (Å²) in [5.74, 6) is 0. The highest BCUT2D eigenvalue weighted by atomic mass is 31.2. The van der Waals surface area contributed by atoms with Crippen LogP contribution >= 0.6 is 7.60 Å². The Balaban J connectivity index is 3.43. The molecule has 0 fully saturated rings. The number of hydrogen-bond acceptors (Lipinski definition) is 3. The molecule has 0 amide bonds. The van der Waals surface area contributed by atoms with Crippen molar-refractivity contribution in [2.24, 2.45) is 0 Å². The minimum Gasteiger partial charge on any atom is -0.309 e. The molecule has 0 rings (SSSR count). The highest BCUT2D eigenvalue weighted by Gasteiger charge is 2.23. The quantitative estimate of drug-likeness (QED) is 0.0451. The molecule has 0 saturated heterocycles. The third kappa shape index (κ3) is 52.7. The van der Waals surface area contributed by atoms with Gasteiger partial charge in [-0.05, 0) is 19.3 Å². The van der Waals surface area contributed by atoms with Crippen LogP contribution < -0.4 is 0 Å². The van der Waals surface area contributed by atoms with Crippen LogP contribution in [0.4, 0.5) is 0 Å². The summed E-state index contributed by atoms with van der Waals surface area (Å²) in [5.41, 5.74) is 0. The van der Waals surface area contributed by atoms with Crippen molar-refractivity contribution in [2.75, 3.05) is 19.4 Å². The van der Waals surface area contributed by atoms with E-state index in [4.69, 9.17) is 9.05 Å². The van der Waals surface area contributed by atoms with Crippen LogP contribution in [-0.4, -0.2) is 19.4 Å². The summed E-state index contributed by atoms with van der Waals surface area (Å²) in [6, 6.07) is 0. The van der Waals surface area contributed by atoms with Crippen LogP contribution in [0.1, 0.15) is 348 Å². The van der Waals surface area contributed by atoms with E-state index >= 15 is 0 Å². The van der Waals surface area contributed by atoms with Crippen LogP contribution in [-0.2, 0) is 13.6 Å². The van der Waals surface area contributed by atoms with Crippen molar-refractivity contribution in [3.05, 3.63) is 0 Å². The molecule has 0 aliphatic heterocycles. The Morgan fingerprint density at radius 3 is 0.541 bits per heavy atom. The molecule has 0 unspecified atom stereocenters. The second-order valence-electron chi connectivity index (χ2n) is 20.0. The summed E-state index contributed by atoms with van der Waals surface area (Å²) < 4.78 is 25.5. The van der Waals surface area contributed by atoms with Gasteiger partial charge in [-0.3, -0.25) is 4.57 Å². The normalized spacial score (nSPS) is 12.0. The van der Waals surface area contributed by atoms with Crippen LogP contribution in [0, 0.1) is 0 Å².